The molecule has 7 nitrogen and oxygen atoms in total. The Morgan fingerprint density at radius 3 is 2.55 bits per heavy atom. The maximum absolute atomic E-state index is 12.7. The van der Waals surface area contributed by atoms with Gasteiger partial charge in [-0.05, 0) is 79.4 Å². The molecule has 1 saturated carbocycles. The highest BCUT2D eigenvalue weighted by Gasteiger charge is 2.22. The van der Waals surface area contributed by atoms with Crippen LogP contribution in [0.25, 0.3) is 21.0 Å². The maximum atomic E-state index is 12.7. The quantitative estimate of drug-likeness (QED) is 0.117. The average molecular weight is 588 g/mol. The molecule has 2 aromatic heterocycles. The van der Waals surface area contributed by atoms with Crippen LogP contribution in [0, 0.1) is 5.92 Å². The first kappa shape index (κ1) is 28.7. The summed E-state index contributed by atoms with van der Waals surface area (Å²) in [4.78, 5) is 30.5. The third-order valence-corrected chi connectivity index (χ3v) is 9.69. The first-order valence-corrected chi connectivity index (χ1v) is 16.4. The number of esters is 1. The van der Waals surface area contributed by atoms with E-state index in [4.69, 9.17) is 9.47 Å². The minimum absolute atomic E-state index is 0.0537. The molecule has 0 bridgehead atoms. The fraction of sp³-hybridized carbons (Fsp3) is 0.471. The third kappa shape index (κ3) is 6.81. The van der Waals surface area contributed by atoms with Gasteiger partial charge in [-0.25, -0.2) is 0 Å². The van der Waals surface area contributed by atoms with Gasteiger partial charge in [0.1, 0.15) is 5.75 Å². The summed E-state index contributed by atoms with van der Waals surface area (Å²) >= 11 is 1.81. The van der Waals surface area contributed by atoms with Crippen LogP contribution in [-0.4, -0.2) is 54.8 Å². The lowest BCUT2D eigenvalue weighted by molar-refractivity contribution is -0.152. The Labute approximate surface area is 251 Å². The predicted molar refractivity (Wildman–Crippen MR) is 171 cm³/mol. The van der Waals surface area contributed by atoms with Crippen molar-refractivity contribution in [1.29, 1.82) is 0 Å². The van der Waals surface area contributed by atoms with Gasteiger partial charge in [-0.2, -0.15) is 0 Å². The molecule has 2 fully saturated rings. The van der Waals surface area contributed by atoms with Gasteiger partial charge in [0.15, 0.2) is 6.73 Å². The summed E-state index contributed by atoms with van der Waals surface area (Å²) in [6.45, 7) is 5.90. The largest absolute Gasteiger partial charge is 0.494 e. The van der Waals surface area contributed by atoms with E-state index in [1.54, 1.807) is 0 Å². The normalized spacial score (nSPS) is 17.0. The number of pyridine rings is 1. The van der Waals surface area contributed by atoms with Crippen LogP contribution in [0.1, 0.15) is 51.4 Å². The van der Waals surface area contributed by atoms with Gasteiger partial charge in [0, 0.05) is 54.1 Å². The summed E-state index contributed by atoms with van der Waals surface area (Å²) in [6, 6.07) is 18.0. The number of carbonyl (C=O) groups is 1. The number of anilines is 1. The highest BCUT2D eigenvalue weighted by atomic mass is 32.1. The van der Waals surface area contributed by atoms with Gasteiger partial charge < -0.3 is 14.4 Å². The van der Waals surface area contributed by atoms with Gasteiger partial charge in [0.2, 0.25) is 0 Å². The molecule has 222 valence electrons. The first-order valence-electron chi connectivity index (χ1n) is 15.5. The van der Waals surface area contributed by atoms with E-state index >= 15 is 0 Å². The second-order valence-electron chi connectivity index (χ2n) is 11.6. The molecule has 0 amide bonds. The fourth-order valence-corrected chi connectivity index (χ4v) is 7.15. The van der Waals surface area contributed by atoms with Gasteiger partial charge >= 0.3 is 5.97 Å². The molecule has 4 aromatic rings. The highest BCUT2D eigenvalue weighted by molar-refractivity contribution is 7.17. The summed E-state index contributed by atoms with van der Waals surface area (Å²) < 4.78 is 14.6. The number of hydrogen-bond donors (Lipinski definition) is 0. The van der Waals surface area contributed by atoms with E-state index in [2.05, 4.69) is 39.4 Å². The van der Waals surface area contributed by atoms with Crippen LogP contribution in [0.3, 0.4) is 0 Å². The van der Waals surface area contributed by atoms with Gasteiger partial charge in [-0.15, -0.1) is 11.3 Å². The molecule has 0 unspecified atom stereocenters. The van der Waals surface area contributed by atoms with Crippen molar-refractivity contribution < 1.29 is 14.3 Å². The van der Waals surface area contributed by atoms with Crippen LogP contribution in [-0.2, 0) is 16.3 Å². The molecule has 0 spiro atoms. The molecule has 3 heterocycles. The number of piperazine rings is 1. The van der Waals surface area contributed by atoms with Crippen LogP contribution in [0.2, 0.25) is 0 Å². The Hall–Kier alpha value is -3.36. The molecule has 2 aromatic carbocycles. The summed E-state index contributed by atoms with van der Waals surface area (Å²) in [5.74, 6) is 0.490. The monoisotopic (exact) mass is 587 g/mol. The number of ether oxygens (including phenoxy) is 2. The summed E-state index contributed by atoms with van der Waals surface area (Å²) in [5.41, 5.74) is 1.91. The standard InChI is InChI=1S/C34H41N3O4S/c38-33-15-13-26-12-14-28(24-31(26)37(33)25-41-34(39)27-8-3-1-2-4-9-27)40-22-6-5-17-35-18-20-36(21-19-35)30-10-7-11-32-29(30)16-23-42-32/h7,10-16,23-24,27H,1-6,8-9,17-22,25H2. The SMILES string of the molecule is O=C(OCn1c(=O)ccc2ccc(OCCCCN3CCN(c4cccc5sccc45)CC3)cc21)C1CCCCCC1. The minimum Gasteiger partial charge on any atom is -0.494 e. The van der Waals surface area contributed by atoms with Crippen LogP contribution in [0.5, 0.6) is 5.75 Å². The molecule has 0 radical (unpaired) electrons. The number of benzene rings is 2. The van der Waals surface area contributed by atoms with Crippen molar-refractivity contribution in [3.05, 3.63) is 70.3 Å². The predicted octanol–water partition coefficient (Wildman–Crippen LogP) is 6.67. The lowest BCUT2D eigenvalue weighted by Gasteiger charge is -2.36. The van der Waals surface area contributed by atoms with Crippen molar-refractivity contribution in [2.75, 3.05) is 44.2 Å². The van der Waals surface area contributed by atoms with Crippen molar-refractivity contribution in [3.63, 3.8) is 0 Å². The van der Waals surface area contributed by atoms with Gasteiger partial charge in [-0.3, -0.25) is 19.1 Å². The molecule has 6 rings (SSSR count). The third-order valence-electron chi connectivity index (χ3n) is 8.81. The molecule has 42 heavy (non-hydrogen) atoms. The number of rotatable bonds is 10. The second kappa shape index (κ2) is 13.7. The van der Waals surface area contributed by atoms with E-state index in [9.17, 15) is 9.59 Å². The average Bonchev–Trinajstić information content (AvgIpc) is 3.34. The zero-order chi connectivity index (χ0) is 28.7. The van der Waals surface area contributed by atoms with Crippen molar-refractivity contribution >= 4 is 44.0 Å². The molecular formula is C34H41N3O4S. The van der Waals surface area contributed by atoms with Crippen molar-refractivity contribution in [2.45, 2.75) is 58.1 Å². The van der Waals surface area contributed by atoms with Crippen molar-refractivity contribution in [2.24, 2.45) is 5.92 Å². The van der Waals surface area contributed by atoms with E-state index in [0.29, 0.717) is 6.61 Å². The van der Waals surface area contributed by atoms with Crippen LogP contribution >= 0.6 is 11.3 Å². The van der Waals surface area contributed by atoms with E-state index in [0.717, 1.165) is 87.9 Å². The molecule has 0 atom stereocenters. The molecule has 1 aliphatic heterocycles. The number of fused-ring (bicyclic) bond motifs is 2. The summed E-state index contributed by atoms with van der Waals surface area (Å²) in [7, 11) is 0. The zero-order valence-corrected chi connectivity index (χ0v) is 25.2. The number of hydrogen-bond acceptors (Lipinski definition) is 7. The number of nitrogens with zero attached hydrogens (tertiary/aromatic N) is 3. The molecule has 8 heteroatoms. The first-order chi connectivity index (χ1) is 20.7. The van der Waals surface area contributed by atoms with E-state index < -0.39 is 0 Å². The lowest BCUT2D eigenvalue weighted by Crippen LogP contribution is -2.46. The topological polar surface area (TPSA) is 64.0 Å². The minimum atomic E-state index is -0.186. The molecule has 1 aliphatic carbocycles. The maximum Gasteiger partial charge on any atom is 0.310 e. The van der Waals surface area contributed by atoms with E-state index in [1.807, 2.05) is 35.6 Å². The fourth-order valence-electron chi connectivity index (χ4n) is 6.35. The van der Waals surface area contributed by atoms with Crippen LogP contribution in [0.4, 0.5) is 5.69 Å². The molecule has 0 N–H and O–H groups in total. The number of unbranched alkanes of at least 4 members (excludes halogenated alkanes) is 1. The summed E-state index contributed by atoms with van der Waals surface area (Å²) in [5, 5.41) is 4.47. The van der Waals surface area contributed by atoms with E-state index in [1.165, 1.54) is 39.2 Å². The van der Waals surface area contributed by atoms with Gasteiger partial charge in [-0.1, -0.05) is 31.7 Å². The number of thiophene rings is 1. The van der Waals surface area contributed by atoms with Crippen LogP contribution < -0.4 is 15.2 Å². The molecule has 2 aliphatic rings. The highest BCUT2D eigenvalue weighted by Crippen LogP contribution is 2.31. The molecular weight excluding hydrogens is 546 g/mol. The van der Waals surface area contributed by atoms with Gasteiger partial charge in [0.25, 0.3) is 5.56 Å². The Morgan fingerprint density at radius 2 is 1.71 bits per heavy atom. The molecule has 1 saturated heterocycles. The number of aromatic nitrogens is 1. The van der Waals surface area contributed by atoms with Crippen LogP contribution in [0.15, 0.2) is 64.8 Å². The Bertz CT molecular complexity index is 1550. The van der Waals surface area contributed by atoms with E-state index in [-0.39, 0.29) is 24.2 Å². The summed E-state index contributed by atoms with van der Waals surface area (Å²) in [6.07, 6.45) is 8.30. The lowest BCUT2D eigenvalue weighted by atomic mass is 10.0. The van der Waals surface area contributed by atoms with Crippen molar-refractivity contribution in [3.8, 4) is 5.75 Å². The Morgan fingerprint density at radius 1 is 0.905 bits per heavy atom. The Balaban J connectivity index is 0.969. The van der Waals surface area contributed by atoms with Gasteiger partial charge in [0.05, 0.1) is 18.0 Å². The number of carbonyl (C=O) groups excluding carboxylic acids is 1. The Kier molecular flexibility index (Phi) is 9.41. The van der Waals surface area contributed by atoms with Crippen molar-refractivity contribution in [1.82, 2.24) is 9.47 Å². The zero-order valence-electron chi connectivity index (χ0n) is 24.3. The smallest absolute Gasteiger partial charge is 0.310 e. The second-order valence-corrected chi connectivity index (χ2v) is 12.5.